The fraction of sp³-hybridized carbons (Fsp3) is 0.692. The molecule has 7 nitrogen and oxygen atoms in total. The van der Waals surface area contributed by atoms with Crippen molar-refractivity contribution in [1.29, 1.82) is 0 Å². The quantitative estimate of drug-likeness (QED) is 0.748. The average molecular weight is 318 g/mol. The number of carbonyl (C=O) groups excluding carboxylic acids is 1. The van der Waals surface area contributed by atoms with Crippen LogP contribution in [-0.2, 0) is 14.6 Å². The van der Waals surface area contributed by atoms with Crippen molar-refractivity contribution >= 4 is 21.8 Å². The maximum Gasteiger partial charge on any atom is 0.320 e. The van der Waals surface area contributed by atoms with E-state index in [-0.39, 0.29) is 30.5 Å². The van der Waals surface area contributed by atoms with E-state index in [2.05, 4.69) is 6.58 Å². The Morgan fingerprint density at radius 3 is 2.52 bits per heavy atom. The standard InChI is InChI=1S/C13H22N2O5S/c1-4-14(8-10(2)3)13(18)15-5-6-21(19,20)9-11(15)7-12(16)17/h11H,2,4-9H2,1,3H3,(H,16,17). The second-order valence-electron chi connectivity index (χ2n) is 5.31. The zero-order valence-electron chi connectivity index (χ0n) is 12.4. The van der Waals surface area contributed by atoms with Gasteiger partial charge in [0.1, 0.15) is 0 Å². The fourth-order valence-corrected chi connectivity index (χ4v) is 3.86. The summed E-state index contributed by atoms with van der Waals surface area (Å²) in [5.74, 6) is -1.53. The van der Waals surface area contributed by atoms with E-state index < -0.39 is 21.8 Å². The summed E-state index contributed by atoms with van der Waals surface area (Å²) in [6.07, 6.45) is -0.365. The van der Waals surface area contributed by atoms with E-state index in [1.807, 2.05) is 6.92 Å². The number of sulfone groups is 1. The van der Waals surface area contributed by atoms with Gasteiger partial charge in [-0.15, -0.1) is 0 Å². The van der Waals surface area contributed by atoms with E-state index in [1.54, 1.807) is 6.92 Å². The molecular formula is C13H22N2O5S. The molecule has 0 radical (unpaired) electrons. The van der Waals surface area contributed by atoms with Crippen LogP contribution in [0.5, 0.6) is 0 Å². The first-order valence-electron chi connectivity index (χ1n) is 6.78. The highest BCUT2D eigenvalue weighted by Gasteiger charge is 2.36. The molecule has 1 fully saturated rings. The van der Waals surface area contributed by atoms with Crippen LogP contribution in [0, 0.1) is 0 Å². The molecule has 0 spiro atoms. The molecule has 0 aromatic carbocycles. The van der Waals surface area contributed by atoms with Gasteiger partial charge in [-0.25, -0.2) is 13.2 Å². The number of carbonyl (C=O) groups is 2. The molecule has 0 aromatic rings. The lowest BCUT2D eigenvalue weighted by atomic mass is 10.2. The Hall–Kier alpha value is -1.57. The number of amides is 2. The van der Waals surface area contributed by atoms with Crippen LogP contribution >= 0.6 is 0 Å². The number of nitrogens with zero attached hydrogens (tertiary/aromatic N) is 2. The van der Waals surface area contributed by atoms with Gasteiger partial charge in [-0.3, -0.25) is 4.79 Å². The smallest absolute Gasteiger partial charge is 0.320 e. The van der Waals surface area contributed by atoms with Crippen molar-refractivity contribution < 1.29 is 23.1 Å². The number of likely N-dealkylation sites (N-methyl/N-ethyl adjacent to an activating group) is 1. The summed E-state index contributed by atoms with van der Waals surface area (Å²) >= 11 is 0. The highest BCUT2D eigenvalue weighted by molar-refractivity contribution is 7.91. The van der Waals surface area contributed by atoms with E-state index in [4.69, 9.17) is 5.11 Å². The first-order chi connectivity index (χ1) is 9.66. The summed E-state index contributed by atoms with van der Waals surface area (Å²) in [5, 5.41) is 8.92. The largest absolute Gasteiger partial charge is 0.481 e. The predicted molar refractivity (Wildman–Crippen MR) is 78.9 cm³/mol. The van der Waals surface area contributed by atoms with Crippen LogP contribution in [0.15, 0.2) is 12.2 Å². The molecule has 1 atom stereocenters. The molecular weight excluding hydrogens is 296 g/mol. The molecule has 1 unspecified atom stereocenters. The Bertz CT molecular complexity index is 529. The van der Waals surface area contributed by atoms with Crippen LogP contribution < -0.4 is 0 Å². The van der Waals surface area contributed by atoms with Crippen molar-refractivity contribution in [3.05, 3.63) is 12.2 Å². The van der Waals surface area contributed by atoms with Crippen molar-refractivity contribution in [2.45, 2.75) is 26.3 Å². The first kappa shape index (κ1) is 17.5. The molecule has 1 aliphatic rings. The fourth-order valence-electron chi connectivity index (χ4n) is 2.33. The van der Waals surface area contributed by atoms with Gasteiger partial charge in [-0.05, 0) is 13.8 Å². The summed E-state index contributed by atoms with van der Waals surface area (Å²) in [7, 11) is -3.29. The minimum atomic E-state index is -3.29. The summed E-state index contributed by atoms with van der Waals surface area (Å²) in [6, 6.07) is -1.14. The second-order valence-corrected chi connectivity index (χ2v) is 7.54. The number of carboxylic acids is 1. The van der Waals surface area contributed by atoms with E-state index in [9.17, 15) is 18.0 Å². The zero-order valence-corrected chi connectivity index (χ0v) is 13.2. The number of urea groups is 1. The molecule has 120 valence electrons. The van der Waals surface area contributed by atoms with Gasteiger partial charge in [0.25, 0.3) is 0 Å². The molecule has 1 aliphatic heterocycles. The lowest BCUT2D eigenvalue weighted by Gasteiger charge is -2.38. The van der Waals surface area contributed by atoms with Crippen molar-refractivity contribution in [3.63, 3.8) is 0 Å². The van der Waals surface area contributed by atoms with E-state index >= 15 is 0 Å². The van der Waals surface area contributed by atoms with Gasteiger partial charge in [0, 0.05) is 19.6 Å². The highest BCUT2D eigenvalue weighted by Crippen LogP contribution is 2.17. The third-order valence-electron chi connectivity index (χ3n) is 3.30. The zero-order chi connectivity index (χ0) is 16.2. The third-order valence-corrected chi connectivity index (χ3v) is 5.00. The van der Waals surface area contributed by atoms with Crippen molar-refractivity contribution in [3.8, 4) is 0 Å². The van der Waals surface area contributed by atoms with Crippen LogP contribution in [0.1, 0.15) is 20.3 Å². The predicted octanol–water partition coefficient (Wildman–Crippen LogP) is 0.578. The highest BCUT2D eigenvalue weighted by atomic mass is 32.2. The lowest BCUT2D eigenvalue weighted by Crippen LogP contribution is -2.56. The second kappa shape index (κ2) is 6.93. The first-order valence-corrected chi connectivity index (χ1v) is 8.60. The molecule has 1 rings (SSSR count). The maximum absolute atomic E-state index is 12.5. The molecule has 21 heavy (non-hydrogen) atoms. The molecule has 1 N–H and O–H groups in total. The topological polar surface area (TPSA) is 95.0 Å². The summed E-state index contributed by atoms with van der Waals surface area (Å²) in [5.41, 5.74) is 0.810. The van der Waals surface area contributed by atoms with Crippen LogP contribution in [0.25, 0.3) is 0 Å². The van der Waals surface area contributed by atoms with Gasteiger partial charge in [0.05, 0.1) is 24.0 Å². The Morgan fingerprint density at radius 2 is 2.05 bits per heavy atom. The molecule has 0 saturated carbocycles. The van der Waals surface area contributed by atoms with Gasteiger partial charge >= 0.3 is 12.0 Å². The molecule has 1 heterocycles. The summed E-state index contributed by atoms with van der Waals surface area (Å²) in [6.45, 7) is 8.23. The molecule has 0 bridgehead atoms. The minimum Gasteiger partial charge on any atom is -0.481 e. The van der Waals surface area contributed by atoms with Crippen molar-refractivity contribution in [2.24, 2.45) is 0 Å². The van der Waals surface area contributed by atoms with Crippen LogP contribution in [-0.4, -0.2) is 72.5 Å². The van der Waals surface area contributed by atoms with Crippen molar-refractivity contribution in [2.75, 3.05) is 31.1 Å². The van der Waals surface area contributed by atoms with Crippen molar-refractivity contribution in [1.82, 2.24) is 9.80 Å². The van der Waals surface area contributed by atoms with Gasteiger partial charge in [0.2, 0.25) is 0 Å². The Kier molecular flexibility index (Phi) is 5.77. The Morgan fingerprint density at radius 1 is 1.43 bits per heavy atom. The molecule has 0 aliphatic carbocycles. The molecule has 8 heteroatoms. The number of rotatable bonds is 5. The van der Waals surface area contributed by atoms with E-state index in [1.165, 1.54) is 9.80 Å². The molecule has 1 saturated heterocycles. The molecule has 2 amide bonds. The van der Waals surface area contributed by atoms with E-state index in [0.717, 1.165) is 5.57 Å². The van der Waals surface area contributed by atoms with Gasteiger partial charge < -0.3 is 14.9 Å². The van der Waals surface area contributed by atoms with E-state index in [0.29, 0.717) is 13.1 Å². The third kappa shape index (κ3) is 5.04. The minimum absolute atomic E-state index is 0.0335. The van der Waals surface area contributed by atoms with Crippen LogP contribution in [0.4, 0.5) is 4.79 Å². The van der Waals surface area contributed by atoms with Gasteiger partial charge in [-0.2, -0.15) is 0 Å². The Labute approximate surface area is 125 Å². The van der Waals surface area contributed by atoms with Crippen LogP contribution in [0.2, 0.25) is 0 Å². The SMILES string of the molecule is C=C(C)CN(CC)C(=O)N1CCS(=O)(=O)CC1CC(=O)O. The van der Waals surface area contributed by atoms with Gasteiger partial charge in [0.15, 0.2) is 9.84 Å². The normalized spacial score (nSPS) is 20.9. The summed E-state index contributed by atoms with van der Waals surface area (Å²) < 4.78 is 23.3. The number of aliphatic carboxylic acids is 1. The molecule has 0 aromatic heterocycles. The van der Waals surface area contributed by atoms with Crippen LogP contribution in [0.3, 0.4) is 0 Å². The Balaban J connectivity index is 2.92. The monoisotopic (exact) mass is 318 g/mol. The maximum atomic E-state index is 12.5. The van der Waals surface area contributed by atoms with Gasteiger partial charge in [-0.1, -0.05) is 12.2 Å². The average Bonchev–Trinajstić information content (AvgIpc) is 2.33. The number of carboxylic acid groups (broad SMARTS) is 1. The summed E-state index contributed by atoms with van der Waals surface area (Å²) in [4.78, 5) is 26.3. The lowest BCUT2D eigenvalue weighted by molar-refractivity contribution is -0.138. The number of hydrogen-bond donors (Lipinski definition) is 1. The number of hydrogen-bond acceptors (Lipinski definition) is 4.